The van der Waals surface area contributed by atoms with Crippen molar-refractivity contribution in [1.29, 1.82) is 0 Å². The normalized spacial score (nSPS) is 10.4. The summed E-state index contributed by atoms with van der Waals surface area (Å²) in [4.78, 5) is 2.37. The topological polar surface area (TPSA) is 3.24 Å². The van der Waals surface area contributed by atoms with E-state index in [9.17, 15) is 0 Å². The summed E-state index contributed by atoms with van der Waals surface area (Å²) < 4.78 is 0. The van der Waals surface area contributed by atoms with Crippen molar-refractivity contribution in [2.24, 2.45) is 0 Å². The van der Waals surface area contributed by atoms with Gasteiger partial charge in [0.15, 0.2) is 0 Å². The molecule has 0 saturated heterocycles. The Morgan fingerprint density at radius 3 is 1.44 bits per heavy atom. The van der Waals surface area contributed by atoms with Crippen molar-refractivity contribution < 1.29 is 0 Å². The van der Waals surface area contributed by atoms with E-state index in [2.05, 4.69) is 74.2 Å². The fraction of sp³-hybridized carbons (Fsp3) is 0.294. The lowest BCUT2D eigenvalue weighted by Gasteiger charge is -2.24. The quantitative estimate of drug-likeness (QED) is 0.737. The molecule has 1 heteroatoms. The van der Waals surface area contributed by atoms with Crippen LogP contribution < -0.4 is 4.90 Å². The summed E-state index contributed by atoms with van der Waals surface area (Å²) in [7, 11) is 0. The summed E-state index contributed by atoms with van der Waals surface area (Å²) in [6.45, 7) is 7.52. The van der Waals surface area contributed by atoms with Crippen molar-refractivity contribution in [3.63, 3.8) is 0 Å². The van der Waals surface area contributed by atoms with Gasteiger partial charge in [0.2, 0.25) is 0 Å². The van der Waals surface area contributed by atoms with E-state index >= 15 is 0 Å². The molecule has 0 unspecified atom stereocenters. The van der Waals surface area contributed by atoms with E-state index < -0.39 is 0 Å². The van der Waals surface area contributed by atoms with E-state index in [1.54, 1.807) is 0 Å². The van der Waals surface area contributed by atoms with Gasteiger partial charge in [-0.1, -0.05) is 42.3 Å². The molecule has 0 aliphatic carbocycles. The van der Waals surface area contributed by atoms with Gasteiger partial charge >= 0.3 is 0 Å². The third kappa shape index (κ3) is 2.92. The van der Waals surface area contributed by atoms with Gasteiger partial charge in [0.05, 0.1) is 0 Å². The second-order valence-corrected chi connectivity index (χ2v) is 4.82. The number of hydrogen-bond donors (Lipinski definition) is 0. The minimum Gasteiger partial charge on any atom is -0.342 e. The Morgan fingerprint density at radius 2 is 1.11 bits per heavy atom. The number of aryl methyl sites for hydroxylation is 2. The van der Waals surface area contributed by atoms with E-state index in [0.29, 0.717) is 0 Å². The Kier molecular flexibility index (Phi) is 4.03. The van der Waals surface area contributed by atoms with Crippen LogP contribution in [0.1, 0.15) is 24.5 Å². The van der Waals surface area contributed by atoms with E-state index in [0.717, 1.165) is 13.0 Å². The summed E-state index contributed by atoms with van der Waals surface area (Å²) in [5.74, 6) is 0. The average Bonchev–Trinajstić information content (AvgIpc) is 2.39. The lowest BCUT2D eigenvalue weighted by Crippen LogP contribution is -2.17. The molecule has 0 bridgehead atoms. The Bertz CT molecular complexity index is 437. The van der Waals surface area contributed by atoms with Crippen molar-refractivity contribution in [2.75, 3.05) is 11.4 Å². The largest absolute Gasteiger partial charge is 0.342 e. The van der Waals surface area contributed by atoms with E-state index in [1.807, 2.05) is 0 Å². The Labute approximate surface area is 110 Å². The molecule has 94 valence electrons. The minimum absolute atomic E-state index is 1.05. The number of nitrogens with zero attached hydrogens (tertiary/aromatic N) is 1. The maximum atomic E-state index is 2.37. The SMILES string of the molecule is CCCN(c1ccc(C)cc1)c1ccc(C)cc1. The van der Waals surface area contributed by atoms with Gasteiger partial charge in [0.25, 0.3) is 0 Å². The molecule has 0 aliphatic heterocycles. The molecule has 0 atom stereocenters. The molecule has 18 heavy (non-hydrogen) atoms. The fourth-order valence-electron chi connectivity index (χ4n) is 2.08. The molecule has 0 radical (unpaired) electrons. The van der Waals surface area contributed by atoms with Gasteiger partial charge in [-0.3, -0.25) is 0 Å². The first-order valence-electron chi connectivity index (χ1n) is 6.61. The molecule has 2 rings (SSSR count). The van der Waals surface area contributed by atoms with Crippen molar-refractivity contribution in [3.05, 3.63) is 59.7 Å². The average molecular weight is 239 g/mol. The van der Waals surface area contributed by atoms with Crippen LogP contribution in [0.2, 0.25) is 0 Å². The van der Waals surface area contributed by atoms with Crippen LogP contribution in [0.3, 0.4) is 0 Å². The molecular formula is C17H21N. The Morgan fingerprint density at radius 1 is 0.722 bits per heavy atom. The molecule has 1 nitrogen and oxygen atoms in total. The lowest BCUT2D eigenvalue weighted by molar-refractivity contribution is 0.885. The Balaban J connectivity index is 2.33. The first-order chi connectivity index (χ1) is 8.70. The van der Waals surface area contributed by atoms with Crippen LogP contribution >= 0.6 is 0 Å². The van der Waals surface area contributed by atoms with Crippen LogP contribution in [0, 0.1) is 13.8 Å². The smallest absolute Gasteiger partial charge is 0.0410 e. The molecule has 2 aromatic carbocycles. The standard InChI is InChI=1S/C17H21N/c1-4-13-18(16-9-5-14(2)6-10-16)17-11-7-15(3)8-12-17/h5-12H,4,13H2,1-3H3. The highest BCUT2D eigenvalue weighted by Crippen LogP contribution is 2.26. The maximum Gasteiger partial charge on any atom is 0.0410 e. The summed E-state index contributed by atoms with van der Waals surface area (Å²) >= 11 is 0. The zero-order chi connectivity index (χ0) is 13.0. The molecular weight excluding hydrogens is 218 g/mol. The van der Waals surface area contributed by atoms with Gasteiger partial charge < -0.3 is 4.90 Å². The Hall–Kier alpha value is -1.76. The van der Waals surface area contributed by atoms with Gasteiger partial charge in [-0.15, -0.1) is 0 Å². The van der Waals surface area contributed by atoms with E-state index in [1.165, 1.54) is 22.5 Å². The maximum absolute atomic E-state index is 2.37. The molecule has 0 aromatic heterocycles. The number of rotatable bonds is 4. The molecule has 0 spiro atoms. The molecule has 0 fully saturated rings. The third-order valence-electron chi connectivity index (χ3n) is 3.14. The molecule has 2 aromatic rings. The minimum atomic E-state index is 1.05. The van der Waals surface area contributed by atoms with Crippen LogP contribution in [0.15, 0.2) is 48.5 Å². The highest BCUT2D eigenvalue weighted by atomic mass is 15.1. The first kappa shape index (κ1) is 12.7. The zero-order valence-corrected chi connectivity index (χ0v) is 11.5. The summed E-state index contributed by atoms with van der Waals surface area (Å²) in [5.41, 5.74) is 5.15. The first-order valence-corrected chi connectivity index (χ1v) is 6.61. The van der Waals surface area contributed by atoms with Crippen molar-refractivity contribution in [2.45, 2.75) is 27.2 Å². The molecule has 0 heterocycles. The van der Waals surface area contributed by atoms with Gasteiger partial charge in [0, 0.05) is 17.9 Å². The van der Waals surface area contributed by atoms with Gasteiger partial charge in [0.1, 0.15) is 0 Å². The van der Waals surface area contributed by atoms with Crippen LogP contribution in [0.5, 0.6) is 0 Å². The monoisotopic (exact) mass is 239 g/mol. The third-order valence-corrected chi connectivity index (χ3v) is 3.14. The fourth-order valence-corrected chi connectivity index (χ4v) is 2.08. The van der Waals surface area contributed by atoms with Gasteiger partial charge in [-0.05, 0) is 44.5 Å². The summed E-state index contributed by atoms with van der Waals surface area (Å²) in [6, 6.07) is 17.5. The molecule has 0 saturated carbocycles. The number of anilines is 2. The van der Waals surface area contributed by atoms with Crippen LogP contribution in [-0.2, 0) is 0 Å². The van der Waals surface area contributed by atoms with Crippen molar-refractivity contribution in [3.8, 4) is 0 Å². The van der Waals surface area contributed by atoms with Gasteiger partial charge in [-0.2, -0.15) is 0 Å². The highest BCUT2D eigenvalue weighted by molar-refractivity contribution is 5.63. The van der Waals surface area contributed by atoms with Crippen molar-refractivity contribution in [1.82, 2.24) is 0 Å². The molecule has 0 amide bonds. The van der Waals surface area contributed by atoms with Crippen LogP contribution in [-0.4, -0.2) is 6.54 Å². The van der Waals surface area contributed by atoms with Crippen LogP contribution in [0.25, 0.3) is 0 Å². The second kappa shape index (κ2) is 5.72. The second-order valence-electron chi connectivity index (χ2n) is 4.82. The highest BCUT2D eigenvalue weighted by Gasteiger charge is 2.07. The summed E-state index contributed by atoms with van der Waals surface area (Å²) in [5, 5.41) is 0. The predicted octanol–water partition coefficient (Wildman–Crippen LogP) is 4.85. The van der Waals surface area contributed by atoms with E-state index in [4.69, 9.17) is 0 Å². The number of benzene rings is 2. The number of hydrogen-bond acceptors (Lipinski definition) is 1. The van der Waals surface area contributed by atoms with Gasteiger partial charge in [-0.25, -0.2) is 0 Å². The van der Waals surface area contributed by atoms with Crippen molar-refractivity contribution >= 4 is 11.4 Å². The molecule has 0 aliphatic rings. The lowest BCUT2D eigenvalue weighted by atomic mass is 10.1. The summed E-state index contributed by atoms with van der Waals surface area (Å²) in [6.07, 6.45) is 1.14. The predicted molar refractivity (Wildman–Crippen MR) is 79.7 cm³/mol. The zero-order valence-electron chi connectivity index (χ0n) is 11.5. The van der Waals surface area contributed by atoms with E-state index in [-0.39, 0.29) is 0 Å². The molecule has 0 N–H and O–H groups in total. The van der Waals surface area contributed by atoms with Crippen LogP contribution in [0.4, 0.5) is 11.4 Å².